The van der Waals surface area contributed by atoms with Crippen molar-refractivity contribution in [1.29, 1.82) is 0 Å². The van der Waals surface area contributed by atoms with Gasteiger partial charge in [-0.05, 0) is 0 Å². The fourth-order valence-corrected chi connectivity index (χ4v) is 2.53. The number of hydrogen-bond acceptors (Lipinski definition) is 3. The molecule has 0 saturated heterocycles. The zero-order valence-electron chi connectivity index (χ0n) is 9.62. The molecule has 1 aliphatic rings. The van der Waals surface area contributed by atoms with Gasteiger partial charge in [0.15, 0.2) is 11.5 Å². The number of furan rings is 1. The average molecular weight is 261 g/mol. The summed E-state index contributed by atoms with van der Waals surface area (Å²) in [7, 11) is 0. The van der Waals surface area contributed by atoms with E-state index in [1.165, 1.54) is 0 Å². The Labute approximate surface area is 108 Å². The van der Waals surface area contributed by atoms with E-state index in [1.54, 1.807) is 24.3 Å². The van der Waals surface area contributed by atoms with Crippen LogP contribution in [0.1, 0.15) is 44.7 Å². The Morgan fingerprint density at radius 2 is 1.72 bits per heavy atom. The largest absolute Gasteiger partial charge is 0.455 e. The van der Waals surface area contributed by atoms with E-state index < -0.39 is 0 Å². The van der Waals surface area contributed by atoms with Gasteiger partial charge in [-0.2, -0.15) is 0 Å². The molecule has 0 N–H and O–H groups in total. The van der Waals surface area contributed by atoms with Gasteiger partial charge >= 0.3 is 0 Å². The summed E-state index contributed by atoms with van der Waals surface area (Å²) in [6, 6.07) is 6.71. The van der Waals surface area contributed by atoms with Gasteiger partial charge in [0.1, 0.15) is 5.76 Å². The Balaban J connectivity index is 2.32. The summed E-state index contributed by atoms with van der Waals surface area (Å²) in [4.78, 5) is 24.5. The molecule has 0 saturated carbocycles. The van der Waals surface area contributed by atoms with E-state index >= 15 is 0 Å². The molecule has 0 atom stereocenters. The SMILES string of the molecule is CCc1oc2c(c1Cl)C(=O)c1ccccc1C2=O. The molecule has 0 bridgehead atoms. The van der Waals surface area contributed by atoms with Crippen molar-refractivity contribution in [3.05, 3.63) is 57.5 Å². The van der Waals surface area contributed by atoms with Crippen molar-refractivity contribution in [2.45, 2.75) is 13.3 Å². The van der Waals surface area contributed by atoms with E-state index in [1.807, 2.05) is 6.92 Å². The Morgan fingerprint density at radius 1 is 1.11 bits per heavy atom. The first-order chi connectivity index (χ1) is 8.65. The first-order valence-corrected chi connectivity index (χ1v) is 6.02. The number of carbonyl (C=O) groups is 2. The maximum Gasteiger partial charge on any atom is 0.229 e. The van der Waals surface area contributed by atoms with Crippen LogP contribution in [-0.2, 0) is 6.42 Å². The zero-order chi connectivity index (χ0) is 12.9. The summed E-state index contributed by atoms with van der Waals surface area (Å²) in [6.45, 7) is 1.86. The number of halogens is 1. The number of ketones is 2. The van der Waals surface area contributed by atoms with Gasteiger partial charge in [-0.1, -0.05) is 42.8 Å². The molecule has 3 nitrogen and oxygen atoms in total. The molecule has 2 aromatic rings. The summed E-state index contributed by atoms with van der Waals surface area (Å²) in [5.74, 6) is 0.0344. The molecule has 3 rings (SSSR count). The number of benzene rings is 1. The van der Waals surface area contributed by atoms with E-state index in [4.69, 9.17) is 16.0 Å². The first-order valence-electron chi connectivity index (χ1n) is 5.64. The van der Waals surface area contributed by atoms with Gasteiger partial charge < -0.3 is 4.42 Å². The highest BCUT2D eigenvalue weighted by atomic mass is 35.5. The molecule has 4 heteroatoms. The highest BCUT2D eigenvalue weighted by Crippen LogP contribution is 2.36. The van der Waals surface area contributed by atoms with Gasteiger partial charge in [0.05, 0.1) is 10.6 Å². The summed E-state index contributed by atoms with van der Waals surface area (Å²) in [5, 5.41) is 0.264. The molecule has 1 heterocycles. The zero-order valence-corrected chi connectivity index (χ0v) is 10.4. The van der Waals surface area contributed by atoms with Crippen molar-refractivity contribution < 1.29 is 14.0 Å². The second-order valence-corrected chi connectivity index (χ2v) is 4.48. The third kappa shape index (κ3) is 1.31. The predicted octanol–water partition coefficient (Wildman–Crippen LogP) is 3.27. The van der Waals surface area contributed by atoms with Crippen LogP contribution in [-0.4, -0.2) is 11.6 Å². The number of aryl methyl sites for hydroxylation is 1. The highest BCUT2D eigenvalue weighted by Gasteiger charge is 2.36. The Bertz CT molecular complexity index is 682. The molecule has 1 aromatic heterocycles. The first kappa shape index (κ1) is 11.2. The molecule has 0 radical (unpaired) electrons. The summed E-state index contributed by atoms with van der Waals surface area (Å²) in [6.07, 6.45) is 0.544. The van der Waals surface area contributed by atoms with E-state index in [0.29, 0.717) is 23.3 Å². The van der Waals surface area contributed by atoms with Gasteiger partial charge in [-0.15, -0.1) is 0 Å². The van der Waals surface area contributed by atoms with Crippen LogP contribution in [0.3, 0.4) is 0 Å². The Hall–Kier alpha value is -1.87. The molecule has 1 aromatic carbocycles. The third-order valence-electron chi connectivity index (χ3n) is 3.09. The smallest absolute Gasteiger partial charge is 0.229 e. The van der Waals surface area contributed by atoms with Gasteiger partial charge in [0.25, 0.3) is 0 Å². The van der Waals surface area contributed by atoms with Crippen LogP contribution in [0.25, 0.3) is 0 Å². The standard InChI is InChI=1S/C14H9ClO3/c1-2-9-11(15)10-12(16)7-5-3-4-6-8(7)13(17)14(10)18-9/h3-6H,2H2,1H3. The van der Waals surface area contributed by atoms with Crippen molar-refractivity contribution in [3.63, 3.8) is 0 Å². The Kier molecular flexibility index (Phi) is 2.38. The van der Waals surface area contributed by atoms with E-state index in [2.05, 4.69) is 0 Å². The molecule has 0 spiro atoms. The maximum atomic E-state index is 12.3. The lowest BCUT2D eigenvalue weighted by atomic mass is 9.88. The molecule has 0 aliphatic heterocycles. The molecule has 18 heavy (non-hydrogen) atoms. The minimum absolute atomic E-state index is 0.0700. The van der Waals surface area contributed by atoms with Gasteiger partial charge in [0, 0.05) is 17.5 Å². The van der Waals surface area contributed by atoms with Crippen LogP contribution < -0.4 is 0 Å². The van der Waals surface area contributed by atoms with Gasteiger partial charge in [-0.3, -0.25) is 9.59 Å². The molecule has 0 unspecified atom stereocenters. The van der Waals surface area contributed by atoms with Crippen LogP contribution in [0.4, 0.5) is 0 Å². The number of carbonyl (C=O) groups excluding carboxylic acids is 2. The topological polar surface area (TPSA) is 47.3 Å². The van der Waals surface area contributed by atoms with Crippen molar-refractivity contribution in [1.82, 2.24) is 0 Å². The minimum atomic E-state index is -0.276. The molecule has 1 aliphatic carbocycles. The van der Waals surface area contributed by atoms with Crippen LogP contribution in [0.15, 0.2) is 28.7 Å². The quantitative estimate of drug-likeness (QED) is 0.675. The molecule has 90 valence electrons. The normalized spacial score (nSPS) is 13.4. The van der Waals surface area contributed by atoms with E-state index in [0.717, 1.165) is 0 Å². The van der Waals surface area contributed by atoms with Crippen molar-refractivity contribution >= 4 is 23.2 Å². The number of rotatable bonds is 1. The monoisotopic (exact) mass is 260 g/mol. The van der Waals surface area contributed by atoms with Crippen molar-refractivity contribution in [2.75, 3.05) is 0 Å². The Morgan fingerprint density at radius 3 is 2.33 bits per heavy atom. The van der Waals surface area contributed by atoms with Gasteiger partial charge in [0.2, 0.25) is 5.78 Å². The maximum absolute atomic E-state index is 12.3. The number of fused-ring (bicyclic) bond motifs is 2. The highest BCUT2D eigenvalue weighted by molar-refractivity contribution is 6.39. The summed E-state index contributed by atoms with van der Waals surface area (Å²) in [5.41, 5.74) is 0.973. The van der Waals surface area contributed by atoms with Crippen molar-refractivity contribution in [2.24, 2.45) is 0 Å². The second-order valence-electron chi connectivity index (χ2n) is 4.10. The average Bonchev–Trinajstić information content (AvgIpc) is 2.73. The lowest BCUT2D eigenvalue weighted by Gasteiger charge is -2.12. The fraction of sp³-hybridized carbons (Fsp3) is 0.143. The van der Waals surface area contributed by atoms with Crippen molar-refractivity contribution in [3.8, 4) is 0 Å². The van der Waals surface area contributed by atoms with Crippen LogP contribution in [0.5, 0.6) is 0 Å². The predicted molar refractivity (Wildman–Crippen MR) is 66.4 cm³/mol. The minimum Gasteiger partial charge on any atom is -0.455 e. The lowest BCUT2D eigenvalue weighted by molar-refractivity contribution is 0.0959. The molecular weight excluding hydrogens is 252 g/mol. The molecule has 0 amide bonds. The fourth-order valence-electron chi connectivity index (χ4n) is 2.18. The van der Waals surface area contributed by atoms with Gasteiger partial charge in [-0.25, -0.2) is 0 Å². The summed E-state index contributed by atoms with van der Waals surface area (Å²) >= 11 is 6.10. The van der Waals surface area contributed by atoms with E-state index in [-0.39, 0.29) is 27.9 Å². The van der Waals surface area contributed by atoms with Crippen LogP contribution in [0, 0.1) is 0 Å². The van der Waals surface area contributed by atoms with E-state index in [9.17, 15) is 9.59 Å². The third-order valence-corrected chi connectivity index (χ3v) is 3.49. The van der Waals surface area contributed by atoms with Crippen LogP contribution in [0.2, 0.25) is 5.02 Å². The lowest BCUT2D eigenvalue weighted by Crippen LogP contribution is -2.19. The summed E-state index contributed by atoms with van der Waals surface area (Å²) < 4.78 is 5.42. The molecular formula is C14H9ClO3. The number of hydrogen-bond donors (Lipinski definition) is 0. The van der Waals surface area contributed by atoms with Crippen LogP contribution >= 0.6 is 11.6 Å². The second kappa shape index (κ2) is 3.82. The molecule has 0 fully saturated rings.